The quantitative estimate of drug-likeness (QED) is 0.501. The van der Waals surface area contributed by atoms with E-state index in [4.69, 9.17) is 0 Å². The van der Waals surface area contributed by atoms with Crippen molar-refractivity contribution < 1.29 is 24.0 Å². The summed E-state index contributed by atoms with van der Waals surface area (Å²) in [6.07, 6.45) is 3.58. The second-order valence-corrected chi connectivity index (χ2v) is 8.78. The molecule has 0 aromatic heterocycles. The van der Waals surface area contributed by atoms with Gasteiger partial charge < -0.3 is 19.8 Å². The van der Waals surface area contributed by atoms with E-state index in [1.165, 1.54) is 7.05 Å². The van der Waals surface area contributed by atoms with Gasteiger partial charge in [-0.2, -0.15) is 0 Å². The number of rotatable bonds is 8. The topological polar surface area (TPSA) is 104 Å². The second-order valence-electron chi connectivity index (χ2n) is 8.78. The van der Waals surface area contributed by atoms with Gasteiger partial charge in [0.25, 0.3) is 11.8 Å². The number of piperidine rings is 1. The molecular formula is C23H29N3O5. The van der Waals surface area contributed by atoms with E-state index in [2.05, 4.69) is 10.2 Å². The minimum Gasteiger partial charge on any atom is -0.371 e. The number of benzene rings is 1. The predicted molar refractivity (Wildman–Crippen MR) is 115 cm³/mol. The van der Waals surface area contributed by atoms with E-state index in [1.54, 1.807) is 12.1 Å². The van der Waals surface area contributed by atoms with Crippen LogP contribution in [0.4, 0.5) is 5.69 Å². The van der Waals surface area contributed by atoms with E-state index >= 15 is 0 Å². The first-order chi connectivity index (χ1) is 14.7. The van der Waals surface area contributed by atoms with Crippen LogP contribution in [0.1, 0.15) is 60.2 Å². The Hall–Kier alpha value is -3.03. The van der Waals surface area contributed by atoms with Crippen LogP contribution >= 0.6 is 0 Å². The van der Waals surface area contributed by atoms with Crippen molar-refractivity contribution in [2.24, 2.45) is 11.3 Å². The number of anilines is 1. The molecule has 1 atom stereocenters. The highest BCUT2D eigenvalue weighted by molar-refractivity contribution is 6.23. The van der Waals surface area contributed by atoms with Gasteiger partial charge in [0, 0.05) is 37.7 Å². The molecule has 1 aromatic rings. The smallest absolute Gasteiger partial charge is 0.262 e. The Morgan fingerprint density at radius 1 is 1.16 bits per heavy atom. The number of nitrogens with zero attached hydrogens (tertiary/aromatic N) is 2. The van der Waals surface area contributed by atoms with Crippen LogP contribution in [0, 0.1) is 11.3 Å². The zero-order chi connectivity index (χ0) is 22.8. The number of carbonyl (C=O) groups excluding carboxylic acids is 5. The van der Waals surface area contributed by atoms with E-state index in [-0.39, 0.29) is 29.4 Å². The van der Waals surface area contributed by atoms with E-state index in [1.807, 2.05) is 19.9 Å². The molecule has 1 saturated heterocycles. The molecule has 0 bridgehead atoms. The summed E-state index contributed by atoms with van der Waals surface area (Å²) in [4.78, 5) is 63.5. The van der Waals surface area contributed by atoms with E-state index in [0.717, 1.165) is 42.8 Å². The number of hydrogen-bond donors (Lipinski definition) is 1. The summed E-state index contributed by atoms with van der Waals surface area (Å²) in [5, 5.41) is 2.47. The molecule has 3 amide bonds. The van der Waals surface area contributed by atoms with E-state index in [0.29, 0.717) is 12.2 Å². The van der Waals surface area contributed by atoms with Crippen molar-refractivity contribution in [2.75, 3.05) is 25.0 Å². The van der Waals surface area contributed by atoms with Gasteiger partial charge in [0.1, 0.15) is 18.6 Å². The number of fused-ring (bicyclic) bond motifs is 1. The summed E-state index contributed by atoms with van der Waals surface area (Å²) in [6, 6.07) is 4.14. The summed E-state index contributed by atoms with van der Waals surface area (Å²) >= 11 is 0. The van der Waals surface area contributed by atoms with E-state index in [9.17, 15) is 24.0 Å². The van der Waals surface area contributed by atoms with Gasteiger partial charge in [0.2, 0.25) is 5.91 Å². The monoisotopic (exact) mass is 427 g/mol. The van der Waals surface area contributed by atoms with Gasteiger partial charge in [0.05, 0.1) is 11.1 Å². The van der Waals surface area contributed by atoms with Gasteiger partial charge in [-0.05, 0) is 43.4 Å². The van der Waals surface area contributed by atoms with Crippen LogP contribution in [0.3, 0.4) is 0 Å². The standard InChI is InChI=1S/C23H29N3O5/c1-23(2,14-28)15-8-10-25(11-9-15)16-6-7-17-18(13-16)22(31)26(21(17)30)19(5-4-12-27)20(29)24-3/h6-7,12-15,19H,4-5,8-11H2,1-3H3,(H,24,29). The maximum absolute atomic E-state index is 13.1. The third-order valence-electron chi connectivity index (χ3n) is 6.54. The van der Waals surface area contributed by atoms with E-state index < -0.39 is 23.8 Å². The zero-order valence-electron chi connectivity index (χ0n) is 18.2. The van der Waals surface area contributed by atoms with Crippen molar-refractivity contribution in [1.29, 1.82) is 0 Å². The largest absolute Gasteiger partial charge is 0.371 e. The Bertz CT molecular complexity index is 902. The molecule has 8 nitrogen and oxygen atoms in total. The Morgan fingerprint density at radius 3 is 2.39 bits per heavy atom. The summed E-state index contributed by atoms with van der Waals surface area (Å²) < 4.78 is 0. The summed E-state index contributed by atoms with van der Waals surface area (Å²) in [7, 11) is 1.43. The molecule has 1 fully saturated rings. The molecule has 1 unspecified atom stereocenters. The molecule has 2 heterocycles. The molecule has 1 aromatic carbocycles. The van der Waals surface area contributed by atoms with Crippen molar-refractivity contribution in [1.82, 2.24) is 10.2 Å². The number of carbonyl (C=O) groups is 5. The molecule has 0 aliphatic carbocycles. The molecular weight excluding hydrogens is 398 g/mol. The molecule has 8 heteroatoms. The van der Waals surface area contributed by atoms with Crippen LogP contribution in [-0.2, 0) is 14.4 Å². The number of likely N-dealkylation sites (N-methyl/N-ethyl adjacent to an activating group) is 1. The lowest BCUT2D eigenvalue weighted by atomic mass is 9.75. The fourth-order valence-corrected chi connectivity index (χ4v) is 4.48. The normalized spacial score (nSPS) is 18.0. The summed E-state index contributed by atoms with van der Waals surface area (Å²) in [5.41, 5.74) is 1.03. The van der Waals surface area contributed by atoms with Gasteiger partial charge in [0.15, 0.2) is 0 Å². The molecule has 0 radical (unpaired) electrons. The van der Waals surface area contributed by atoms with Crippen LogP contribution < -0.4 is 10.2 Å². The SMILES string of the molecule is CNC(=O)C(CCC=O)N1C(=O)c2ccc(N3CCC(C(C)(C)C=O)CC3)cc2C1=O. The molecule has 0 saturated carbocycles. The van der Waals surface area contributed by atoms with Crippen molar-refractivity contribution in [2.45, 2.75) is 45.6 Å². The lowest BCUT2D eigenvalue weighted by molar-refractivity contribution is -0.124. The maximum Gasteiger partial charge on any atom is 0.262 e. The average Bonchev–Trinajstić information content (AvgIpc) is 3.03. The van der Waals surface area contributed by atoms with Crippen LogP contribution in [0.25, 0.3) is 0 Å². The van der Waals surface area contributed by atoms with Gasteiger partial charge >= 0.3 is 0 Å². The van der Waals surface area contributed by atoms with Crippen LogP contribution in [0.15, 0.2) is 18.2 Å². The summed E-state index contributed by atoms with van der Waals surface area (Å²) in [6.45, 7) is 5.43. The lowest BCUT2D eigenvalue weighted by Crippen LogP contribution is -2.48. The first-order valence-corrected chi connectivity index (χ1v) is 10.6. The van der Waals surface area contributed by atoms with Gasteiger partial charge in [-0.15, -0.1) is 0 Å². The van der Waals surface area contributed by atoms with Gasteiger partial charge in [-0.25, -0.2) is 0 Å². The van der Waals surface area contributed by atoms with Crippen molar-refractivity contribution in [3.05, 3.63) is 29.3 Å². The zero-order valence-corrected chi connectivity index (χ0v) is 18.2. The van der Waals surface area contributed by atoms with Crippen molar-refractivity contribution >= 4 is 36.0 Å². The molecule has 2 aliphatic heterocycles. The maximum atomic E-state index is 13.1. The Balaban J connectivity index is 1.81. The number of hydrogen-bond acceptors (Lipinski definition) is 6. The minimum absolute atomic E-state index is 0.0722. The number of nitrogens with one attached hydrogen (secondary N) is 1. The number of imide groups is 1. The lowest BCUT2D eigenvalue weighted by Gasteiger charge is -2.39. The highest BCUT2D eigenvalue weighted by atomic mass is 16.2. The first kappa shape index (κ1) is 22.7. The van der Waals surface area contributed by atoms with Crippen LogP contribution in [0.5, 0.6) is 0 Å². The first-order valence-electron chi connectivity index (χ1n) is 10.6. The van der Waals surface area contributed by atoms with Crippen molar-refractivity contribution in [3.63, 3.8) is 0 Å². The van der Waals surface area contributed by atoms with Gasteiger partial charge in [-0.1, -0.05) is 13.8 Å². The second kappa shape index (κ2) is 8.99. The minimum atomic E-state index is -1.02. The fraction of sp³-hybridized carbons (Fsp3) is 0.522. The van der Waals surface area contributed by atoms with Gasteiger partial charge in [-0.3, -0.25) is 19.3 Å². The van der Waals surface area contributed by atoms with Crippen LogP contribution in [-0.4, -0.2) is 61.4 Å². The fourth-order valence-electron chi connectivity index (χ4n) is 4.48. The number of amides is 3. The van der Waals surface area contributed by atoms with Crippen molar-refractivity contribution in [3.8, 4) is 0 Å². The predicted octanol–water partition coefficient (Wildman–Crippen LogP) is 1.82. The Labute approximate surface area is 182 Å². The third-order valence-corrected chi connectivity index (χ3v) is 6.54. The molecule has 31 heavy (non-hydrogen) atoms. The van der Waals surface area contributed by atoms with Crippen LogP contribution in [0.2, 0.25) is 0 Å². The molecule has 166 valence electrons. The molecule has 3 rings (SSSR count). The Kier molecular flexibility index (Phi) is 6.57. The summed E-state index contributed by atoms with van der Waals surface area (Å²) in [5.74, 6) is -1.20. The Morgan fingerprint density at radius 2 is 1.81 bits per heavy atom. The molecule has 0 spiro atoms. The highest BCUT2D eigenvalue weighted by Crippen LogP contribution is 2.36. The molecule has 1 N–H and O–H groups in total. The molecule has 2 aliphatic rings. The highest BCUT2D eigenvalue weighted by Gasteiger charge is 2.42. The third kappa shape index (κ3) is 4.24. The average molecular weight is 428 g/mol. The number of aldehydes is 2.